The fourth-order valence-electron chi connectivity index (χ4n) is 5.53. The summed E-state index contributed by atoms with van der Waals surface area (Å²) in [6.45, 7) is 10.9. The Bertz CT molecular complexity index is 397. The molecule has 2 saturated carbocycles. The molecule has 0 spiro atoms. The lowest BCUT2D eigenvalue weighted by Gasteiger charge is -2.47. The van der Waals surface area contributed by atoms with Gasteiger partial charge in [0.05, 0.1) is 12.2 Å². The van der Waals surface area contributed by atoms with Crippen molar-refractivity contribution in [1.29, 1.82) is 0 Å². The van der Waals surface area contributed by atoms with Crippen molar-refractivity contribution in [2.75, 3.05) is 6.54 Å². The van der Waals surface area contributed by atoms with Crippen LogP contribution in [-0.2, 0) is 4.79 Å². The van der Waals surface area contributed by atoms with Gasteiger partial charge in [0, 0.05) is 13.5 Å². The van der Waals surface area contributed by atoms with Gasteiger partial charge in [0.1, 0.15) is 0 Å². The quantitative estimate of drug-likeness (QED) is 0.738. The number of aliphatic hydroxyl groups excluding tert-OH is 2. The van der Waals surface area contributed by atoms with Crippen LogP contribution in [0.5, 0.6) is 0 Å². The van der Waals surface area contributed by atoms with E-state index >= 15 is 0 Å². The second kappa shape index (κ2) is 8.18. The van der Waals surface area contributed by atoms with Crippen LogP contribution in [-0.4, -0.2) is 34.9 Å². The molecule has 4 heteroatoms. The van der Waals surface area contributed by atoms with E-state index in [9.17, 15) is 15.0 Å². The Kier molecular flexibility index (Phi) is 6.72. The van der Waals surface area contributed by atoms with Crippen molar-refractivity contribution < 1.29 is 15.0 Å². The molecular weight excluding hydrogens is 302 g/mol. The lowest BCUT2D eigenvalue weighted by Crippen LogP contribution is -2.50. The highest BCUT2D eigenvalue weighted by molar-refractivity contribution is 5.72. The fraction of sp³-hybridized carbons (Fsp3) is 0.950. The highest BCUT2D eigenvalue weighted by Crippen LogP contribution is 2.45. The summed E-state index contributed by atoms with van der Waals surface area (Å²) < 4.78 is 0. The summed E-state index contributed by atoms with van der Waals surface area (Å²) in [5.41, 5.74) is 0. The minimum atomic E-state index is -0.334. The maximum atomic E-state index is 11.5. The van der Waals surface area contributed by atoms with Crippen LogP contribution in [0.15, 0.2) is 0 Å². The Hall–Kier alpha value is -0.610. The van der Waals surface area contributed by atoms with Gasteiger partial charge in [-0.1, -0.05) is 27.7 Å². The number of hydrogen-bond acceptors (Lipinski definition) is 3. The van der Waals surface area contributed by atoms with E-state index in [1.165, 1.54) is 0 Å². The molecule has 1 amide bonds. The number of hydrogen-bond donors (Lipinski definition) is 3. The maximum Gasteiger partial charge on any atom is 0.216 e. The number of amides is 1. The molecule has 4 nitrogen and oxygen atoms in total. The lowest BCUT2D eigenvalue weighted by atomic mass is 9.61. The Balaban J connectivity index is 2.24. The van der Waals surface area contributed by atoms with Gasteiger partial charge in [0.2, 0.25) is 5.91 Å². The largest absolute Gasteiger partial charge is 0.393 e. The number of carbonyl (C=O) groups excluding carboxylic acids is 1. The third-order valence-corrected chi connectivity index (χ3v) is 6.63. The predicted molar refractivity (Wildman–Crippen MR) is 96.3 cm³/mol. The monoisotopic (exact) mass is 339 g/mol. The summed E-state index contributed by atoms with van der Waals surface area (Å²) in [4.78, 5) is 11.5. The van der Waals surface area contributed by atoms with E-state index in [-0.39, 0.29) is 47.7 Å². The van der Waals surface area contributed by atoms with Crippen molar-refractivity contribution >= 4 is 5.91 Å². The van der Waals surface area contributed by atoms with Gasteiger partial charge in [-0.25, -0.2) is 0 Å². The summed E-state index contributed by atoms with van der Waals surface area (Å²) in [5, 5.41) is 24.7. The van der Waals surface area contributed by atoms with Crippen LogP contribution < -0.4 is 5.32 Å². The molecule has 2 fully saturated rings. The fourth-order valence-corrected chi connectivity index (χ4v) is 5.53. The number of rotatable bonds is 4. The van der Waals surface area contributed by atoms with Crippen molar-refractivity contribution in [3.63, 3.8) is 0 Å². The average molecular weight is 340 g/mol. The van der Waals surface area contributed by atoms with Crippen molar-refractivity contribution in [3.05, 3.63) is 0 Å². The van der Waals surface area contributed by atoms with E-state index in [1.807, 2.05) is 0 Å². The molecule has 0 aromatic rings. The molecule has 3 N–H and O–H groups in total. The third-order valence-electron chi connectivity index (χ3n) is 6.63. The van der Waals surface area contributed by atoms with E-state index in [4.69, 9.17) is 0 Å². The average Bonchev–Trinajstić information content (AvgIpc) is 2.48. The lowest BCUT2D eigenvalue weighted by molar-refractivity contribution is -0.120. The van der Waals surface area contributed by atoms with Crippen LogP contribution in [0.2, 0.25) is 0 Å². The van der Waals surface area contributed by atoms with Crippen molar-refractivity contribution in [2.45, 2.75) is 72.5 Å². The minimum absolute atomic E-state index is 0.0298. The SMILES string of the molecule is CC(=O)NCC(C1CC(C)CC(C)C1O)C1CC(C)CC(C)C1O. The molecule has 2 aliphatic carbocycles. The van der Waals surface area contributed by atoms with Crippen molar-refractivity contribution in [2.24, 2.45) is 41.4 Å². The molecule has 0 aliphatic heterocycles. The molecule has 24 heavy (non-hydrogen) atoms. The Labute approximate surface area is 147 Å². The third kappa shape index (κ3) is 4.51. The standard InChI is InChI=1S/C20H37NO3/c1-11-6-13(3)19(23)16(8-11)18(10-21-15(5)22)17-9-12(2)7-14(4)20(17)24/h11-14,16-20,23-24H,6-10H2,1-5H3,(H,21,22). The first-order valence-electron chi connectivity index (χ1n) is 9.81. The normalized spacial score (nSPS) is 44.8. The van der Waals surface area contributed by atoms with Gasteiger partial charge in [0.25, 0.3) is 0 Å². The summed E-state index contributed by atoms with van der Waals surface area (Å²) in [6, 6.07) is 0. The Morgan fingerprint density at radius 2 is 1.33 bits per heavy atom. The zero-order valence-corrected chi connectivity index (χ0v) is 16.0. The van der Waals surface area contributed by atoms with Gasteiger partial charge in [-0.15, -0.1) is 0 Å². The maximum absolute atomic E-state index is 11.5. The van der Waals surface area contributed by atoms with Crippen LogP contribution in [0.25, 0.3) is 0 Å². The summed E-state index contributed by atoms with van der Waals surface area (Å²) >= 11 is 0. The number of carbonyl (C=O) groups is 1. The first kappa shape index (κ1) is 19.7. The zero-order valence-electron chi connectivity index (χ0n) is 16.0. The molecule has 0 aromatic carbocycles. The van der Waals surface area contributed by atoms with Gasteiger partial charge in [-0.3, -0.25) is 4.79 Å². The number of aliphatic hydroxyl groups is 2. The van der Waals surface area contributed by atoms with Gasteiger partial charge in [-0.05, 0) is 67.1 Å². The van der Waals surface area contributed by atoms with Gasteiger partial charge in [0.15, 0.2) is 0 Å². The topological polar surface area (TPSA) is 69.6 Å². The van der Waals surface area contributed by atoms with Crippen LogP contribution in [0.4, 0.5) is 0 Å². The minimum Gasteiger partial charge on any atom is -0.393 e. The Morgan fingerprint density at radius 3 is 1.71 bits per heavy atom. The molecule has 2 aliphatic rings. The number of nitrogens with one attached hydrogen (secondary N) is 1. The second-order valence-electron chi connectivity index (χ2n) is 9.02. The molecule has 0 heterocycles. The highest BCUT2D eigenvalue weighted by Gasteiger charge is 2.45. The molecule has 0 radical (unpaired) electrons. The smallest absolute Gasteiger partial charge is 0.216 e. The highest BCUT2D eigenvalue weighted by atomic mass is 16.3. The summed E-state index contributed by atoms with van der Waals surface area (Å²) in [7, 11) is 0. The molecule has 8 unspecified atom stereocenters. The molecule has 0 bridgehead atoms. The van der Waals surface area contributed by atoms with Gasteiger partial charge < -0.3 is 15.5 Å². The van der Waals surface area contributed by atoms with Crippen molar-refractivity contribution in [3.8, 4) is 0 Å². The molecule has 0 saturated heterocycles. The second-order valence-corrected chi connectivity index (χ2v) is 9.02. The molecule has 0 aromatic heterocycles. The van der Waals surface area contributed by atoms with E-state index in [1.54, 1.807) is 6.92 Å². The van der Waals surface area contributed by atoms with E-state index in [2.05, 4.69) is 33.0 Å². The van der Waals surface area contributed by atoms with Gasteiger partial charge >= 0.3 is 0 Å². The van der Waals surface area contributed by atoms with E-state index < -0.39 is 0 Å². The summed E-state index contributed by atoms with van der Waals surface area (Å²) in [6.07, 6.45) is 3.43. The predicted octanol–water partition coefficient (Wildman–Crippen LogP) is 2.82. The van der Waals surface area contributed by atoms with Crippen LogP contribution in [0.3, 0.4) is 0 Å². The van der Waals surface area contributed by atoms with E-state index in [0.717, 1.165) is 25.7 Å². The first-order valence-corrected chi connectivity index (χ1v) is 9.81. The van der Waals surface area contributed by atoms with Crippen LogP contribution in [0.1, 0.15) is 60.3 Å². The van der Waals surface area contributed by atoms with Gasteiger partial charge in [-0.2, -0.15) is 0 Å². The first-order chi connectivity index (χ1) is 11.2. The zero-order chi connectivity index (χ0) is 18.0. The molecule has 2 rings (SSSR count). The molecular formula is C20H37NO3. The van der Waals surface area contributed by atoms with E-state index in [0.29, 0.717) is 18.4 Å². The molecule has 140 valence electrons. The van der Waals surface area contributed by atoms with Crippen LogP contribution in [0, 0.1) is 41.4 Å². The van der Waals surface area contributed by atoms with Crippen molar-refractivity contribution in [1.82, 2.24) is 5.32 Å². The Morgan fingerprint density at radius 1 is 0.917 bits per heavy atom. The molecule has 8 atom stereocenters. The summed E-state index contributed by atoms with van der Waals surface area (Å²) in [5.74, 6) is 2.18. The van der Waals surface area contributed by atoms with Crippen LogP contribution >= 0.6 is 0 Å².